The monoisotopic (exact) mass is 264 g/mol. The summed E-state index contributed by atoms with van der Waals surface area (Å²) in [6.07, 6.45) is 0.426. The van der Waals surface area contributed by atoms with Gasteiger partial charge in [0.1, 0.15) is 11.9 Å². The average Bonchev–Trinajstić information content (AvgIpc) is 2.49. The fraction of sp³-hybridized carbons (Fsp3) is 0.562. The number of benzene rings is 1. The minimum atomic E-state index is -0.549. The highest BCUT2D eigenvalue weighted by Crippen LogP contribution is 2.48. The molecule has 19 heavy (non-hydrogen) atoms. The number of fused-ring (bicyclic) bond motifs is 1. The van der Waals surface area contributed by atoms with Gasteiger partial charge in [-0.25, -0.2) is 4.39 Å². The van der Waals surface area contributed by atoms with E-state index in [-0.39, 0.29) is 23.3 Å². The van der Waals surface area contributed by atoms with E-state index >= 15 is 0 Å². The summed E-state index contributed by atoms with van der Waals surface area (Å²) < 4.78 is 19.1. The highest BCUT2D eigenvalue weighted by molar-refractivity contribution is 5.75. The van der Waals surface area contributed by atoms with Crippen molar-refractivity contribution >= 4 is 5.97 Å². The maximum Gasteiger partial charge on any atom is 0.311 e. The van der Waals surface area contributed by atoms with Gasteiger partial charge in [-0.15, -0.1) is 0 Å². The molecule has 1 aliphatic rings. The van der Waals surface area contributed by atoms with Crippen LogP contribution in [0.2, 0.25) is 0 Å². The van der Waals surface area contributed by atoms with E-state index < -0.39 is 5.41 Å². The van der Waals surface area contributed by atoms with Crippen molar-refractivity contribution in [3.8, 4) is 0 Å². The molecule has 2 nitrogen and oxygen atoms in total. The number of rotatable bonds is 1. The van der Waals surface area contributed by atoms with Crippen molar-refractivity contribution in [2.24, 2.45) is 10.8 Å². The first-order valence-corrected chi connectivity index (χ1v) is 6.61. The van der Waals surface area contributed by atoms with Crippen molar-refractivity contribution in [3.05, 3.63) is 35.1 Å². The topological polar surface area (TPSA) is 26.3 Å². The van der Waals surface area contributed by atoms with Gasteiger partial charge in [0, 0.05) is 5.41 Å². The molecule has 0 aliphatic heterocycles. The molecule has 0 radical (unpaired) electrons. The lowest BCUT2D eigenvalue weighted by Crippen LogP contribution is -2.29. The molecule has 0 fully saturated rings. The molecule has 0 saturated heterocycles. The van der Waals surface area contributed by atoms with Crippen molar-refractivity contribution in [3.63, 3.8) is 0 Å². The van der Waals surface area contributed by atoms with Crippen LogP contribution in [-0.4, -0.2) is 5.97 Å². The van der Waals surface area contributed by atoms with Crippen LogP contribution >= 0.6 is 0 Å². The number of hydrogen-bond acceptors (Lipinski definition) is 2. The third-order valence-electron chi connectivity index (χ3n) is 3.58. The first-order chi connectivity index (χ1) is 8.61. The van der Waals surface area contributed by atoms with Crippen LogP contribution in [-0.2, 0) is 16.0 Å². The van der Waals surface area contributed by atoms with E-state index in [2.05, 4.69) is 0 Å². The number of carbonyl (C=O) groups excluding carboxylic acids is 1. The maximum absolute atomic E-state index is 13.4. The van der Waals surface area contributed by atoms with E-state index in [0.29, 0.717) is 0 Å². The lowest BCUT2D eigenvalue weighted by molar-refractivity contribution is -0.164. The molecule has 0 N–H and O–H groups in total. The van der Waals surface area contributed by atoms with E-state index in [0.717, 1.165) is 17.5 Å². The van der Waals surface area contributed by atoms with Crippen LogP contribution < -0.4 is 0 Å². The number of esters is 1. The van der Waals surface area contributed by atoms with Gasteiger partial charge in [-0.2, -0.15) is 0 Å². The SMILES string of the molecule is CC(C)(C)C(=O)OC1c2cc(F)ccc2CC1(C)C. The standard InChI is InChI=1S/C16H21FO2/c1-15(2,3)14(18)19-13-12-8-11(17)7-6-10(12)9-16(13,4)5/h6-8,13H,9H2,1-5H3. The molecule has 0 spiro atoms. The molecule has 0 heterocycles. The van der Waals surface area contributed by atoms with Gasteiger partial charge >= 0.3 is 5.97 Å². The van der Waals surface area contributed by atoms with Crippen LogP contribution in [0.15, 0.2) is 18.2 Å². The largest absolute Gasteiger partial charge is 0.456 e. The van der Waals surface area contributed by atoms with Gasteiger partial charge in [-0.1, -0.05) is 19.9 Å². The Labute approximate surface area is 114 Å². The molecular formula is C16H21FO2. The van der Waals surface area contributed by atoms with Crippen molar-refractivity contribution in [1.29, 1.82) is 0 Å². The van der Waals surface area contributed by atoms with Gasteiger partial charge in [0.05, 0.1) is 5.41 Å². The molecule has 1 atom stereocenters. The predicted octanol–water partition coefficient (Wildman–Crippen LogP) is 4.04. The minimum Gasteiger partial charge on any atom is -0.456 e. The lowest BCUT2D eigenvalue weighted by Gasteiger charge is -2.30. The lowest BCUT2D eigenvalue weighted by atomic mass is 9.87. The fourth-order valence-electron chi connectivity index (χ4n) is 2.48. The predicted molar refractivity (Wildman–Crippen MR) is 72.2 cm³/mol. The van der Waals surface area contributed by atoms with E-state index in [4.69, 9.17) is 4.74 Å². The zero-order valence-corrected chi connectivity index (χ0v) is 12.2. The zero-order chi connectivity index (χ0) is 14.4. The molecule has 0 aromatic heterocycles. The fourth-order valence-corrected chi connectivity index (χ4v) is 2.48. The summed E-state index contributed by atoms with van der Waals surface area (Å²) in [5.74, 6) is -0.532. The first-order valence-electron chi connectivity index (χ1n) is 6.61. The van der Waals surface area contributed by atoms with Gasteiger partial charge in [0.25, 0.3) is 0 Å². The Kier molecular flexibility index (Phi) is 3.20. The Balaban J connectivity index is 2.34. The van der Waals surface area contributed by atoms with Gasteiger partial charge in [0.2, 0.25) is 0 Å². The molecule has 0 amide bonds. The van der Waals surface area contributed by atoms with E-state index in [1.54, 1.807) is 6.07 Å². The number of carbonyl (C=O) groups is 1. The normalized spacial score (nSPS) is 21.1. The second-order valence-corrected chi connectivity index (χ2v) is 7.04. The molecule has 1 aliphatic carbocycles. The van der Waals surface area contributed by atoms with Crippen LogP contribution in [0.4, 0.5) is 4.39 Å². The summed E-state index contributed by atoms with van der Waals surface area (Å²) in [6.45, 7) is 9.56. The van der Waals surface area contributed by atoms with Crippen molar-refractivity contribution < 1.29 is 13.9 Å². The van der Waals surface area contributed by atoms with Crippen LogP contribution in [0, 0.1) is 16.6 Å². The van der Waals surface area contributed by atoms with E-state index in [1.807, 2.05) is 34.6 Å². The van der Waals surface area contributed by atoms with E-state index in [9.17, 15) is 9.18 Å². The molecular weight excluding hydrogens is 243 g/mol. The Morgan fingerprint density at radius 2 is 2.00 bits per heavy atom. The van der Waals surface area contributed by atoms with Crippen molar-refractivity contribution in [1.82, 2.24) is 0 Å². The second-order valence-electron chi connectivity index (χ2n) is 7.04. The summed E-state index contributed by atoms with van der Waals surface area (Å²) in [4.78, 5) is 12.1. The van der Waals surface area contributed by atoms with Gasteiger partial charge in [0.15, 0.2) is 0 Å². The van der Waals surface area contributed by atoms with Crippen molar-refractivity contribution in [2.45, 2.75) is 47.1 Å². The quantitative estimate of drug-likeness (QED) is 0.716. The highest BCUT2D eigenvalue weighted by atomic mass is 19.1. The molecule has 0 bridgehead atoms. The molecule has 0 saturated carbocycles. The Morgan fingerprint density at radius 1 is 1.37 bits per heavy atom. The molecule has 1 unspecified atom stereocenters. The Bertz CT molecular complexity index is 512. The van der Waals surface area contributed by atoms with Gasteiger partial charge in [-0.05, 0) is 50.5 Å². The molecule has 1 aromatic rings. The van der Waals surface area contributed by atoms with Crippen molar-refractivity contribution in [2.75, 3.05) is 0 Å². The third kappa shape index (κ3) is 2.65. The zero-order valence-electron chi connectivity index (χ0n) is 12.2. The molecule has 104 valence electrons. The molecule has 2 rings (SSSR count). The summed E-state index contributed by atoms with van der Waals surface area (Å²) in [6, 6.07) is 4.74. The van der Waals surface area contributed by atoms with Crippen LogP contribution in [0.1, 0.15) is 51.8 Å². The maximum atomic E-state index is 13.4. The van der Waals surface area contributed by atoms with Gasteiger partial charge in [-0.3, -0.25) is 4.79 Å². The Hall–Kier alpha value is -1.38. The average molecular weight is 264 g/mol. The van der Waals surface area contributed by atoms with Crippen LogP contribution in [0.5, 0.6) is 0 Å². The highest BCUT2D eigenvalue weighted by Gasteiger charge is 2.43. The number of halogens is 1. The van der Waals surface area contributed by atoms with Gasteiger partial charge < -0.3 is 4.74 Å². The third-order valence-corrected chi connectivity index (χ3v) is 3.58. The Morgan fingerprint density at radius 3 is 2.58 bits per heavy atom. The van der Waals surface area contributed by atoms with Crippen LogP contribution in [0.3, 0.4) is 0 Å². The first kappa shape index (κ1) is 14.0. The van der Waals surface area contributed by atoms with Crippen LogP contribution in [0.25, 0.3) is 0 Å². The second kappa shape index (κ2) is 4.32. The van der Waals surface area contributed by atoms with E-state index in [1.165, 1.54) is 12.1 Å². The summed E-state index contributed by atoms with van der Waals surface area (Å²) in [5.41, 5.74) is 1.13. The smallest absolute Gasteiger partial charge is 0.311 e. The summed E-state index contributed by atoms with van der Waals surface area (Å²) >= 11 is 0. The number of hydrogen-bond donors (Lipinski definition) is 0. The number of ether oxygens (including phenoxy) is 1. The molecule has 3 heteroatoms. The molecule has 1 aromatic carbocycles. The summed E-state index contributed by atoms with van der Waals surface area (Å²) in [7, 11) is 0. The summed E-state index contributed by atoms with van der Waals surface area (Å²) in [5, 5.41) is 0. The minimum absolute atomic E-state index is 0.197.